The molecule has 0 radical (unpaired) electrons. The lowest BCUT2D eigenvalue weighted by Gasteiger charge is -2.37. The maximum absolute atomic E-state index is 9.56. The number of rotatable bonds is 4. The highest BCUT2D eigenvalue weighted by molar-refractivity contribution is 5.43. The summed E-state index contributed by atoms with van der Waals surface area (Å²) in [4.78, 5) is 0. The average molecular weight is 315 g/mol. The number of phenolic OH excluding ortho intramolecular Hbond substituents is 2. The van der Waals surface area contributed by atoms with Crippen molar-refractivity contribution in [3.8, 4) is 17.2 Å². The smallest absolute Gasteiger partial charge is 0.161 e. The minimum Gasteiger partial charge on any atom is -0.504 e. The Morgan fingerprint density at radius 1 is 1.26 bits per heavy atom. The van der Waals surface area contributed by atoms with Crippen LogP contribution in [-0.4, -0.2) is 29.9 Å². The summed E-state index contributed by atoms with van der Waals surface area (Å²) in [6.45, 7) is 4.79. The molecule has 1 saturated heterocycles. The SMILES string of the molecule is CC1=CCC([C@@H]2CCNCC2COc2ccc(O)c(O)c2)C=C1. The van der Waals surface area contributed by atoms with E-state index in [9.17, 15) is 10.2 Å². The predicted octanol–water partition coefficient (Wildman–Crippen LogP) is 3.22. The van der Waals surface area contributed by atoms with E-state index in [1.54, 1.807) is 6.07 Å². The summed E-state index contributed by atoms with van der Waals surface area (Å²) >= 11 is 0. The third kappa shape index (κ3) is 3.88. The molecule has 2 unspecified atom stereocenters. The van der Waals surface area contributed by atoms with Gasteiger partial charge in [-0.3, -0.25) is 0 Å². The van der Waals surface area contributed by atoms with Crippen LogP contribution >= 0.6 is 0 Å². The second-order valence-corrected chi connectivity index (χ2v) is 6.59. The van der Waals surface area contributed by atoms with E-state index in [1.807, 2.05) is 0 Å². The van der Waals surface area contributed by atoms with Gasteiger partial charge in [0.1, 0.15) is 5.75 Å². The van der Waals surface area contributed by atoms with Crippen LogP contribution in [-0.2, 0) is 0 Å². The van der Waals surface area contributed by atoms with Gasteiger partial charge in [-0.15, -0.1) is 0 Å². The van der Waals surface area contributed by atoms with Crippen LogP contribution in [0.4, 0.5) is 0 Å². The van der Waals surface area contributed by atoms with Gasteiger partial charge in [-0.25, -0.2) is 0 Å². The maximum atomic E-state index is 9.56. The van der Waals surface area contributed by atoms with Crippen LogP contribution in [0.2, 0.25) is 0 Å². The Morgan fingerprint density at radius 2 is 2.13 bits per heavy atom. The number of piperidine rings is 1. The Bertz CT molecular complexity index is 609. The molecule has 3 N–H and O–H groups in total. The summed E-state index contributed by atoms with van der Waals surface area (Å²) in [5.41, 5.74) is 1.35. The molecule has 23 heavy (non-hydrogen) atoms. The fourth-order valence-corrected chi connectivity index (χ4v) is 3.55. The van der Waals surface area contributed by atoms with Crippen LogP contribution in [0.3, 0.4) is 0 Å². The van der Waals surface area contributed by atoms with Crippen molar-refractivity contribution in [3.63, 3.8) is 0 Å². The summed E-state index contributed by atoms with van der Waals surface area (Å²) in [6.07, 6.45) is 9.18. The molecule has 1 aliphatic carbocycles. The molecule has 0 saturated carbocycles. The minimum absolute atomic E-state index is 0.121. The van der Waals surface area contributed by atoms with Gasteiger partial charge in [0.2, 0.25) is 0 Å². The molecule has 3 rings (SSSR count). The zero-order chi connectivity index (χ0) is 16.2. The molecule has 1 aromatic carbocycles. The topological polar surface area (TPSA) is 61.7 Å². The first kappa shape index (κ1) is 15.9. The lowest BCUT2D eigenvalue weighted by molar-refractivity contribution is 0.132. The molecule has 1 fully saturated rings. The fraction of sp³-hybridized carbons (Fsp3) is 0.474. The second-order valence-electron chi connectivity index (χ2n) is 6.59. The molecule has 0 bridgehead atoms. The van der Waals surface area contributed by atoms with Crippen molar-refractivity contribution < 1.29 is 14.9 Å². The number of phenols is 2. The normalized spacial score (nSPS) is 27.5. The number of hydrogen-bond acceptors (Lipinski definition) is 4. The largest absolute Gasteiger partial charge is 0.504 e. The number of aromatic hydroxyl groups is 2. The van der Waals surface area contributed by atoms with Crippen LogP contribution in [0.15, 0.2) is 42.0 Å². The van der Waals surface area contributed by atoms with Crippen molar-refractivity contribution in [2.75, 3.05) is 19.7 Å². The van der Waals surface area contributed by atoms with E-state index in [2.05, 4.69) is 30.5 Å². The van der Waals surface area contributed by atoms with Crippen LogP contribution in [0.5, 0.6) is 17.2 Å². The summed E-state index contributed by atoms with van der Waals surface area (Å²) in [5, 5.41) is 22.4. The average Bonchev–Trinajstić information content (AvgIpc) is 2.57. The number of benzene rings is 1. The zero-order valence-corrected chi connectivity index (χ0v) is 13.5. The van der Waals surface area contributed by atoms with Crippen molar-refractivity contribution >= 4 is 0 Å². The Morgan fingerprint density at radius 3 is 2.87 bits per heavy atom. The third-order valence-electron chi connectivity index (χ3n) is 4.95. The van der Waals surface area contributed by atoms with Gasteiger partial charge in [0.25, 0.3) is 0 Å². The fourth-order valence-electron chi connectivity index (χ4n) is 3.55. The van der Waals surface area contributed by atoms with Gasteiger partial charge in [-0.2, -0.15) is 0 Å². The van der Waals surface area contributed by atoms with Gasteiger partial charge in [0.15, 0.2) is 11.5 Å². The second kappa shape index (κ2) is 7.09. The molecule has 3 atom stereocenters. The molecule has 1 aromatic rings. The quantitative estimate of drug-likeness (QED) is 0.747. The lowest BCUT2D eigenvalue weighted by Crippen LogP contribution is -2.42. The summed E-state index contributed by atoms with van der Waals surface area (Å²) < 4.78 is 5.87. The molecule has 124 valence electrons. The van der Waals surface area contributed by atoms with Crippen molar-refractivity contribution in [2.24, 2.45) is 17.8 Å². The van der Waals surface area contributed by atoms with Crippen molar-refractivity contribution in [1.29, 1.82) is 0 Å². The Labute approximate surface area is 137 Å². The van der Waals surface area contributed by atoms with Gasteiger partial charge in [-0.1, -0.05) is 23.8 Å². The summed E-state index contributed by atoms with van der Waals surface area (Å²) in [7, 11) is 0. The molecule has 2 aliphatic rings. The molecular formula is C19H25NO3. The Balaban J connectivity index is 1.62. The highest BCUT2D eigenvalue weighted by Crippen LogP contribution is 2.34. The van der Waals surface area contributed by atoms with Gasteiger partial charge in [-0.05, 0) is 50.3 Å². The molecule has 4 heteroatoms. The van der Waals surface area contributed by atoms with E-state index < -0.39 is 0 Å². The van der Waals surface area contributed by atoms with Gasteiger partial charge in [0.05, 0.1) is 6.61 Å². The molecule has 1 heterocycles. The summed E-state index contributed by atoms with van der Waals surface area (Å²) in [6, 6.07) is 4.61. The van der Waals surface area contributed by atoms with E-state index in [0.717, 1.165) is 25.9 Å². The monoisotopic (exact) mass is 315 g/mol. The highest BCUT2D eigenvalue weighted by Gasteiger charge is 2.31. The van der Waals surface area contributed by atoms with Crippen LogP contribution in [0.1, 0.15) is 19.8 Å². The number of hydrogen-bond donors (Lipinski definition) is 3. The first-order valence-corrected chi connectivity index (χ1v) is 8.34. The summed E-state index contributed by atoms with van der Waals surface area (Å²) in [5.74, 6) is 1.98. The van der Waals surface area contributed by atoms with Crippen molar-refractivity contribution in [2.45, 2.75) is 19.8 Å². The first-order valence-electron chi connectivity index (χ1n) is 8.34. The molecular weight excluding hydrogens is 290 g/mol. The number of allylic oxidation sites excluding steroid dienone is 4. The maximum Gasteiger partial charge on any atom is 0.161 e. The molecule has 0 spiro atoms. The standard InChI is InChI=1S/C19H25NO3/c1-13-2-4-14(5-3-13)17-8-9-20-11-15(17)12-23-16-6-7-18(21)19(22)10-16/h2-4,6-7,10,14-15,17,20-22H,5,8-9,11-12H2,1H3/t14?,15?,17-/m0/s1. The van der Waals surface area contributed by atoms with E-state index >= 15 is 0 Å². The van der Waals surface area contributed by atoms with E-state index in [0.29, 0.717) is 30.1 Å². The molecule has 1 aliphatic heterocycles. The van der Waals surface area contributed by atoms with Crippen molar-refractivity contribution in [3.05, 3.63) is 42.0 Å². The van der Waals surface area contributed by atoms with Crippen molar-refractivity contribution in [1.82, 2.24) is 5.32 Å². The first-order chi connectivity index (χ1) is 11.1. The van der Waals surface area contributed by atoms with E-state index in [1.165, 1.54) is 17.7 Å². The van der Waals surface area contributed by atoms with Gasteiger partial charge >= 0.3 is 0 Å². The third-order valence-corrected chi connectivity index (χ3v) is 4.95. The Hall–Kier alpha value is -1.94. The van der Waals surface area contributed by atoms with Crippen LogP contribution < -0.4 is 10.1 Å². The van der Waals surface area contributed by atoms with Gasteiger partial charge < -0.3 is 20.3 Å². The molecule has 4 nitrogen and oxygen atoms in total. The zero-order valence-electron chi connectivity index (χ0n) is 13.5. The van der Waals surface area contributed by atoms with Crippen LogP contribution in [0, 0.1) is 17.8 Å². The predicted molar refractivity (Wildman–Crippen MR) is 90.7 cm³/mol. The molecule has 0 aromatic heterocycles. The van der Waals surface area contributed by atoms with E-state index in [4.69, 9.17) is 4.74 Å². The lowest BCUT2D eigenvalue weighted by atomic mass is 9.74. The molecule has 0 amide bonds. The minimum atomic E-state index is -0.142. The Kier molecular flexibility index (Phi) is 4.91. The van der Waals surface area contributed by atoms with Gasteiger partial charge in [0, 0.05) is 18.5 Å². The van der Waals surface area contributed by atoms with Crippen LogP contribution in [0.25, 0.3) is 0 Å². The highest BCUT2D eigenvalue weighted by atomic mass is 16.5. The number of nitrogens with one attached hydrogen (secondary N) is 1. The number of ether oxygens (including phenoxy) is 1. The van der Waals surface area contributed by atoms with E-state index in [-0.39, 0.29) is 11.5 Å².